The molecule has 0 N–H and O–H groups in total. The highest BCUT2D eigenvalue weighted by Crippen LogP contribution is 2.54. The monoisotopic (exact) mass is 192 g/mol. The maximum atomic E-state index is 6.29. The molecular formula is C12H13Cl. The van der Waals surface area contributed by atoms with E-state index in [2.05, 4.69) is 25.1 Å². The van der Waals surface area contributed by atoms with Crippen molar-refractivity contribution in [2.45, 2.75) is 37.0 Å². The second-order valence-corrected chi connectivity index (χ2v) is 4.98. The van der Waals surface area contributed by atoms with Gasteiger partial charge in [-0.1, -0.05) is 23.8 Å². The van der Waals surface area contributed by atoms with Crippen molar-refractivity contribution in [2.75, 3.05) is 0 Å². The molecule has 3 atom stereocenters. The van der Waals surface area contributed by atoms with E-state index in [1.54, 1.807) is 5.56 Å². The van der Waals surface area contributed by atoms with Crippen molar-refractivity contribution in [3.05, 3.63) is 34.9 Å². The van der Waals surface area contributed by atoms with Crippen LogP contribution in [0.4, 0.5) is 0 Å². The van der Waals surface area contributed by atoms with Crippen LogP contribution in [0.1, 0.15) is 41.4 Å². The molecule has 2 bridgehead atoms. The third-order valence-corrected chi connectivity index (χ3v) is 4.05. The minimum absolute atomic E-state index is 0.402. The van der Waals surface area contributed by atoms with E-state index in [0.717, 1.165) is 5.92 Å². The number of halogens is 1. The van der Waals surface area contributed by atoms with Crippen molar-refractivity contribution in [3.63, 3.8) is 0 Å². The summed E-state index contributed by atoms with van der Waals surface area (Å²) in [7, 11) is 0. The number of hydrogen-bond donors (Lipinski definition) is 0. The van der Waals surface area contributed by atoms with Crippen LogP contribution >= 0.6 is 11.6 Å². The lowest BCUT2D eigenvalue weighted by Gasteiger charge is -2.19. The molecule has 2 aliphatic rings. The van der Waals surface area contributed by atoms with Gasteiger partial charge in [0.15, 0.2) is 0 Å². The second kappa shape index (κ2) is 2.51. The average molecular weight is 193 g/mol. The molecule has 1 heteroatoms. The molecule has 0 spiro atoms. The minimum atomic E-state index is 0.402. The Hall–Kier alpha value is -0.490. The summed E-state index contributed by atoms with van der Waals surface area (Å²) in [4.78, 5) is 0. The van der Waals surface area contributed by atoms with Gasteiger partial charge in [-0.2, -0.15) is 0 Å². The fourth-order valence-electron chi connectivity index (χ4n) is 2.95. The normalized spacial score (nSPS) is 35.1. The molecule has 0 aromatic heterocycles. The Labute approximate surface area is 83.9 Å². The van der Waals surface area contributed by atoms with E-state index >= 15 is 0 Å². The molecule has 0 amide bonds. The highest BCUT2D eigenvalue weighted by Gasteiger charge is 2.42. The largest absolute Gasteiger partial charge is 0.122 e. The van der Waals surface area contributed by atoms with Gasteiger partial charge in [-0.05, 0) is 36.8 Å². The number of rotatable bonds is 0. The topological polar surface area (TPSA) is 0 Å². The molecule has 13 heavy (non-hydrogen) atoms. The van der Waals surface area contributed by atoms with E-state index < -0.39 is 0 Å². The lowest BCUT2D eigenvalue weighted by molar-refractivity contribution is 0.725. The maximum absolute atomic E-state index is 6.29. The third-order valence-electron chi connectivity index (χ3n) is 3.57. The van der Waals surface area contributed by atoms with Crippen molar-refractivity contribution in [3.8, 4) is 0 Å². The number of fused-ring (bicyclic) bond motifs is 5. The quantitative estimate of drug-likeness (QED) is 0.552. The number of aryl methyl sites for hydroxylation is 1. The molecule has 0 aliphatic heterocycles. The molecule has 0 saturated heterocycles. The van der Waals surface area contributed by atoms with E-state index in [0.29, 0.717) is 11.3 Å². The van der Waals surface area contributed by atoms with Crippen molar-refractivity contribution in [1.29, 1.82) is 0 Å². The van der Waals surface area contributed by atoms with Gasteiger partial charge in [0.2, 0.25) is 0 Å². The van der Waals surface area contributed by atoms with Crippen LogP contribution in [-0.4, -0.2) is 5.38 Å². The Morgan fingerprint density at radius 3 is 2.92 bits per heavy atom. The maximum Gasteiger partial charge on any atom is 0.0410 e. The summed E-state index contributed by atoms with van der Waals surface area (Å²) in [6.07, 6.45) is 2.50. The number of hydrogen-bond acceptors (Lipinski definition) is 0. The van der Waals surface area contributed by atoms with Crippen LogP contribution in [0.5, 0.6) is 0 Å². The van der Waals surface area contributed by atoms with Crippen molar-refractivity contribution in [2.24, 2.45) is 0 Å². The fourth-order valence-corrected chi connectivity index (χ4v) is 3.40. The summed E-state index contributed by atoms with van der Waals surface area (Å²) in [6, 6.07) is 6.86. The predicted octanol–water partition coefficient (Wildman–Crippen LogP) is 3.58. The van der Waals surface area contributed by atoms with Gasteiger partial charge in [0, 0.05) is 11.3 Å². The molecule has 1 saturated carbocycles. The van der Waals surface area contributed by atoms with Crippen molar-refractivity contribution < 1.29 is 0 Å². The summed E-state index contributed by atoms with van der Waals surface area (Å²) in [6.45, 7) is 2.16. The first kappa shape index (κ1) is 7.87. The molecule has 0 unspecified atom stereocenters. The van der Waals surface area contributed by atoms with E-state index in [4.69, 9.17) is 11.6 Å². The number of benzene rings is 1. The van der Waals surface area contributed by atoms with E-state index in [9.17, 15) is 0 Å². The first-order chi connectivity index (χ1) is 6.25. The fraction of sp³-hybridized carbons (Fsp3) is 0.500. The first-order valence-corrected chi connectivity index (χ1v) is 5.44. The Balaban J connectivity index is 2.16. The van der Waals surface area contributed by atoms with Gasteiger partial charge in [0.25, 0.3) is 0 Å². The van der Waals surface area contributed by atoms with Gasteiger partial charge in [0.1, 0.15) is 0 Å². The lowest BCUT2D eigenvalue weighted by Crippen LogP contribution is -2.09. The van der Waals surface area contributed by atoms with Crippen LogP contribution in [0, 0.1) is 6.92 Å². The molecule has 1 aromatic carbocycles. The standard InChI is InChI=1S/C12H13Cl/c1-7-2-3-9-8-5-11(10(9)4-7)12(13)6-8/h2-4,8,11-12H,5-6H2,1H3/t8-,11-,12+/m0/s1. The molecule has 0 radical (unpaired) electrons. The molecule has 2 aliphatic carbocycles. The zero-order chi connectivity index (χ0) is 9.00. The zero-order valence-electron chi connectivity index (χ0n) is 7.76. The average Bonchev–Trinajstić information content (AvgIpc) is 2.60. The Morgan fingerprint density at radius 2 is 2.08 bits per heavy atom. The van der Waals surface area contributed by atoms with E-state index in [1.165, 1.54) is 24.0 Å². The highest BCUT2D eigenvalue weighted by atomic mass is 35.5. The Kier molecular flexibility index (Phi) is 1.52. The smallest absolute Gasteiger partial charge is 0.0410 e. The highest BCUT2D eigenvalue weighted by molar-refractivity contribution is 6.21. The van der Waals surface area contributed by atoms with Gasteiger partial charge in [-0.15, -0.1) is 11.6 Å². The molecule has 0 heterocycles. The summed E-state index contributed by atoms with van der Waals surface area (Å²) < 4.78 is 0. The van der Waals surface area contributed by atoms with Crippen LogP contribution in [0.3, 0.4) is 0 Å². The van der Waals surface area contributed by atoms with Crippen LogP contribution in [-0.2, 0) is 0 Å². The molecular weight excluding hydrogens is 180 g/mol. The van der Waals surface area contributed by atoms with Crippen molar-refractivity contribution in [1.82, 2.24) is 0 Å². The molecule has 3 rings (SSSR count). The van der Waals surface area contributed by atoms with E-state index in [-0.39, 0.29) is 0 Å². The zero-order valence-corrected chi connectivity index (χ0v) is 8.51. The summed E-state index contributed by atoms with van der Waals surface area (Å²) in [5.41, 5.74) is 4.49. The van der Waals surface area contributed by atoms with Gasteiger partial charge in [-0.3, -0.25) is 0 Å². The SMILES string of the molecule is Cc1ccc2c(c1)[C@@H]1C[C@H]2C[C@H]1Cl. The summed E-state index contributed by atoms with van der Waals surface area (Å²) in [5.74, 6) is 1.42. The number of alkyl halides is 1. The Morgan fingerprint density at radius 1 is 1.23 bits per heavy atom. The molecule has 1 aromatic rings. The predicted molar refractivity (Wildman–Crippen MR) is 55.5 cm³/mol. The van der Waals surface area contributed by atoms with Crippen LogP contribution in [0.15, 0.2) is 18.2 Å². The van der Waals surface area contributed by atoms with Gasteiger partial charge in [-0.25, -0.2) is 0 Å². The minimum Gasteiger partial charge on any atom is -0.122 e. The molecule has 68 valence electrons. The van der Waals surface area contributed by atoms with Gasteiger partial charge < -0.3 is 0 Å². The summed E-state index contributed by atoms with van der Waals surface area (Å²) >= 11 is 6.29. The van der Waals surface area contributed by atoms with Gasteiger partial charge >= 0.3 is 0 Å². The Bertz CT molecular complexity index is 356. The lowest BCUT2D eigenvalue weighted by atomic mass is 9.90. The van der Waals surface area contributed by atoms with Crippen LogP contribution in [0.25, 0.3) is 0 Å². The van der Waals surface area contributed by atoms with Crippen LogP contribution in [0.2, 0.25) is 0 Å². The molecule has 1 fully saturated rings. The first-order valence-electron chi connectivity index (χ1n) is 5.00. The van der Waals surface area contributed by atoms with Gasteiger partial charge in [0.05, 0.1) is 0 Å². The van der Waals surface area contributed by atoms with E-state index in [1.807, 2.05) is 0 Å². The second-order valence-electron chi connectivity index (χ2n) is 4.42. The molecule has 0 nitrogen and oxygen atoms in total. The van der Waals surface area contributed by atoms with Crippen molar-refractivity contribution >= 4 is 11.6 Å². The third kappa shape index (κ3) is 0.985. The van der Waals surface area contributed by atoms with Crippen LogP contribution < -0.4 is 0 Å². The summed E-state index contributed by atoms with van der Waals surface area (Å²) in [5, 5.41) is 0.402.